The zero-order chi connectivity index (χ0) is 16.6. The van der Waals surface area contributed by atoms with E-state index in [4.69, 9.17) is 9.15 Å². The molecule has 0 N–H and O–H groups in total. The molecule has 118 valence electrons. The monoisotopic (exact) mass is 320 g/mol. The minimum atomic E-state index is -4.41. The topological polar surface area (TPSA) is 39.4 Å². The Labute approximate surface area is 128 Å². The average molecular weight is 320 g/mol. The lowest BCUT2D eigenvalue weighted by Crippen LogP contribution is -2.06. The Morgan fingerprint density at radius 3 is 2.35 bits per heavy atom. The molecule has 0 fully saturated rings. The molecule has 3 aromatic rings. The first kappa shape index (κ1) is 15.1. The highest BCUT2D eigenvalue weighted by Gasteiger charge is 2.30. The molecule has 23 heavy (non-hydrogen) atoms. The fourth-order valence-corrected chi connectivity index (χ4v) is 2.27. The van der Waals surface area contributed by atoms with Gasteiger partial charge in [0.25, 0.3) is 0 Å². The second-order valence-corrected chi connectivity index (χ2v) is 4.92. The second kappa shape index (κ2) is 5.46. The van der Waals surface area contributed by atoms with Crippen molar-refractivity contribution >= 4 is 11.0 Å². The molecule has 3 nitrogen and oxygen atoms in total. The number of alkyl halides is 3. The number of benzene rings is 2. The molecular formula is C17H11F3O3. The van der Waals surface area contributed by atoms with Gasteiger partial charge in [-0.2, -0.15) is 13.2 Å². The zero-order valence-electron chi connectivity index (χ0n) is 12.0. The van der Waals surface area contributed by atoms with E-state index in [0.29, 0.717) is 22.3 Å². The summed E-state index contributed by atoms with van der Waals surface area (Å²) in [4.78, 5) is 12.5. The number of fused-ring (bicyclic) bond motifs is 1. The van der Waals surface area contributed by atoms with Crippen LogP contribution in [0.3, 0.4) is 0 Å². The summed E-state index contributed by atoms with van der Waals surface area (Å²) >= 11 is 0. The number of hydrogen-bond donors (Lipinski definition) is 0. The van der Waals surface area contributed by atoms with Gasteiger partial charge in [-0.05, 0) is 29.8 Å². The first-order chi connectivity index (χ1) is 10.9. The number of halogens is 3. The fraction of sp³-hybridized carbons (Fsp3) is 0.118. The molecule has 1 heterocycles. The molecule has 0 aliphatic carbocycles. The normalized spacial score (nSPS) is 11.7. The van der Waals surface area contributed by atoms with E-state index in [2.05, 4.69) is 0 Å². The van der Waals surface area contributed by atoms with Crippen LogP contribution in [0.1, 0.15) is 5.56 Å². The summed E-state index contributed by atoms with van der Waals surface area (Å²) < 4.78 is 48.2. The van der Waals surface area contributed by atoms with Gasteiger partial charge in [-0.1, -0.05) is 12.1 Å². The lowest BCUT2D eigenvalue weighted by molar-refractivity contribution is -0.137. The van der Waals surface area contributed by atoms with Gasteiger partial charge >= 0.3 is 6.18 Å². The SMILES string of the molecule is COc1ccc2c(=O)c(-c3ccc(C(F)(F)F)cc3)coc2c1. The van der Waals surface area contributed by atoms with Crippen molar-refractivity contribution in [1.82, 2.24) is 0 Å². The number of rotatable bonds is 2. The molecule has 3 rings (SSSR count). The van der Waals surface area contributed by atoms with Gasteiger partial charge in [0.05, 0.1) is 23.6 Å². The van der Waals surface area contributed by atoms with Crippen LogP contribution in [0.25, 0.3) is 22.1 Å². The predicted molar refractivity (Wildman–Crippen MR) is 79.5 cm³/mol. The van der Waals surface area contributed by atoms with Crippen molar-refractivity contribution in [2.75, 3.05) is 7.11 Å². The van der Waals surface area contributed by atoms with Gasteiger partial charge < -0.3 is 9.15 Å². The third-order valence-electron chi connectivity index (χ3n) is 3.51. The van der Waals surface area contributed by atoms with Crippen LogP contribution in [-0.2, 0) is 6.18 Å². The third kappa shape index (κ3) is 2.79. The molecule has 2 aromatic carbocycles. The Hall–Kier alpha value is -2.76. The summed E-state index contributed by atoms with van der Waals surface area (Å²) in [5.41, 5.74) is -0.157. The molecule has 0 radical (unpaired) electrons. The maximum atomic E-state index is 12.6. The maximum absolute atomic E-state index is 12.6. The molecule has 0 bridgehead atoms. The highest BCUT2D eigenvalue weighted by molar-refractivity contribution is 5.82. The lowest BCUT2D eigenvalue weighted by atomic mass is 10.0. The largest absolute Gasteiger partial charge is 0.497 e. The molecule has 6 heteroatoms. The average Bonchev–Trinajstić information content (AvgIpc) is 2.54. The van der Waals surface area contributed by atoms with Crippen molar-refractivity contribution in [1.29, 1.82) is 0 Å². The first-order valence-electron chi connectivity index (χ1n) is 6.67. The first-order valence-corrected chi connectivity index (χ1v) is 6.67. The van der Waals surface area contributed by atoms with Gasteiger partial charge in [0, 0.05) is 6.07 Å². The summed E-state index contributed by atoms with van der Waals surface area (Å²) in [6.07, 6.45) is -3.17. The van der Waals surface area contributed by atoms with Gasteiger partial charge in [-0.3, -0.25) is 4.79 Å². The van der Waals surface area contributed by atoms with Gasteiger partial charge in [-0.15, -0.1) is 0 Å². The molecule has 0 atom stereocenters. The number of methoxy groups -OCH3 is 1. The van der Waals surface area contributed by atoms with Crippen LogP contribution in [0, 0.1) is 0 Å². The molecule has 0 aliphatic heterocycles. The molecular weight excluding hydrogens is 309 g/mol. The summed E-state index contributed by atoms with van der Waals surface area (Å²) in [6.45, 7) is 0. The van der Waals surface area contributed by atoms with E-state index >= 15 is 0 Å². The van der Waals surface area contributed by atoms with Gasteiger partial charge in [0.15, 0.2) is 5.43 Å². The number of hydrogen-bond acceptors (Lipinski definition) is 3. The van der Waals surface area contributed by atoms with Crippen LogP contribution in [0.15, 0.2) is 57.9 Å². The van der Waals surface area contributed by atoms with Gasteiger partial charge in [0.1, 0.15) is 17.6 Å². The Morgan fingerprint density at radius 1 is 1.04 bits per heavy atom. The van der Waals surface area contributed by atoms with Crippen LogP contribution in [0.2, 0.25) is 0 Å². The van der Waals surface area contributed by atoms with E-state index in [0.717, 1.165) is 12.1 Å². The minimum Gasteiger partial charge on any atom is -0.497 e. The van der Waals surface area contributed by atoms with E-state index in [1.807, 2.05) is 0 Å². The smallest absolute Gasteiger partial charge is 0.416 e. The highest BCUT2D eigenvalue weighted by Crippen LogP contribution is 2.31. The summed E-state index contributed by atoms with van der Waals surface area (Å²) in [5.74, 6) is 0.544. The van der Waals surface area contributed by atoms with Crippen molar-refractivity contribution < 1.29 is 22.3 Å². The Bertz CT molecular complexity index is 909. The van der Waals surface area contributed by atoms with E-state index in [9.17, 15) is 18.0 Å². The molecule has 0 spiro atoms. The minimum absolute atomic E-state index is 0.205. The third-order valence-corrected chi connectivity index (χ3v) is 3.51. The van der Waals surface area contributed by atoms with Crippen LogP contribution in [-0.4, -0.2) is 7.11 Å². The van der Waals surface area contributed by atoms with E-state index in [-0.39, 0.29) is 11.0 Å². The maximum Gasteiger partial charge on any atom is 0.416 e. The molecule has 0 unspecified atom stereocenters. The molecule has 0 saturated heterocycles. The van der Waals surface area contributed by atoms with Crippen molar-refractivity contribution in [3.8, 4) is 16.9 Å². The van der Waals surface area contributed by atoms with E-state index in [1.165, 1.54) is 25.5 Å². The summed E-state index contributed by atoms with van der Waals surface area (Å²) in [7, 11) is 1.50. The van der Waals surface area contributed by atoms with Crippen LogP contribution >= 0.6 is 0 Å². The quantitative estimate of drug-likeness (QED) is 0.698. The lowest BCUT2D eigenvalue weighted by Gasteiger charge is -2.08. The Morgan fingerprint density at radius 2 is 1.74 bits per heavy atom. The van der Waals surface area contributed by atoms with Crippen molar-refractivity contribution in [3.05, 3.63) is 64.5 Å². The zero-order valence-corrected chi connectivity index (χ0v) is 12.0. The molecule has 0 amide bonds. The van der Waals surface area contributed by atoms with Crippen molar-refractivity contribution in [2.24, 2.45) is 0 Å². The van der Waals surface area contributed by atoms with E-state index in [1.54, 1.807) is 18.2 Å². The fourth-order valence-electron chi connectivity index (χ4n) is 2.27. The summed E-state index contributed by atoms with van der Waals surface area (Å²) in [5, 5.41) is 0.336. The van der Waals surface area contributed by atoms with Gasteiger partial charge in [-0.25, -0.2) is 0 Å². The van der Waals surface area contributed by atoms with Crippen LogP contribution < -0.4 is 10.2 Å². The Balaban J connectivity index is 2.10. The van der Waals surface area contributed by atoms with Crippen LogP contribution in [0.5, 0.6) is 5.75 Å². The van der Waals surface area contributed by atoms with E-state index < -0.39 is 11.7 Å². The van der Waals surface area contributed by atoms with Crippen LogP contribution in [0.4, 0.5) is 13.2 Å². The molecule has 0 aliphatic rings. The van der Waals surface area contributed by atoms with Crippen molar-refractivity contribution in [2.45, 2.75) is 6.18 Å². The highest BCUT2D eigenvalue weighted by atomic mass is 19.4. The predicted octanol–water partition coefficient (Wildman–Crippen LogP) is 4.49. The number of ether oxygens (including phenoxy) is 1. The van der Waals surface area contributed by atoms with Crippen molar-refractivity contribution in [3.63, 3.8) is 0 Å². The molecule has 0 saturated carbocycles. The summed E-state index contributed by atoms with van der Waals surface area (Å²) in [6, 6.07) is 9.14. The van der Waals surface area contributed by atoms with Gasteiger partial charge in [0.2, 0.25) is 0 Å². The second-order valence-electron chi connectivity index (χ2n) is 4.92. The standard InChI is InChI=1S/C17H11F3O3/c1-22-12-6-7-13-15(8-12)23-9-14(16(13)21)10-2-4-11(5-3-10)17(18,19)20/h2-9H,1H3. The molecule has 1 aromatic heterocycles. The Kier molecular flexibility index (Phi) is 3.60.